The maximum Gasteiger partial charge on any atom is 0.234 e. The monoisotopic (exact) mass is 484 g/mol. The first kappa shape index (κ1) is 18.3. The molecule has 0 unspecified atom stereocenters. The van der Waals surface area contributed by atoms with Gasteiger partial charge in [-0.25, -0.2) is 4.98 Å². The van der Waals surface area contributed by atoms with Gasteiger partial charge in [0.05, 0.1) is 22.2 Å². The highest BCUT2D eigenvalue weighted by molar-refractivity contribution is 14.1. The average Bonchev–Trinajstić information content (AvgIpc) is 3.07. The predicted molar refractivity (Wildman–Crippen MR) is 111 cm³/mol. The van der Waals surface area contributed by atoms with Crippen LogP contribution in [0.5, 0.6) is 0 Å². The van der Waals surface area contributed by atoms with Crippen LogP contribution in [-0.4, -0.2) is 16.6 Å². The van der Waals surface area contributed by atoms with E-state index in [0.29, 0.717) is 28.1 Å². The number of aromatic nitrogens is 1. The Hall–Kier alpha value is -1.51. The van der Waals surface area contributed by atoms with Gasteiger partial charge in [0, 0.05) is 14.9 Å². The summed E-state index contributed by atoms with van der Waals surface area (Å²) in [4.78, 5) is 16.5. The van der Waals surface area contributed by atoms with Crippen molar-refractivity contribution in [2.45, 2.75) is 5.75 Å². The Labute approximate surface area is 168 Å². The van der Waals surface area contributed by atoms with Crippen LogP contribution in [0.4, 0.5) is 5.69 Å². The second-order valence-electron chi connectivity index (χ2n) is 5.18. The molecular weight excluding hydrogens is 471 g/mol. The fourth-order valence-corrected chi connectivity index (χ4v) is 3.72. The summed E-state index contributed by atoms with van der Waals surface area (Å²) < 4.78 is 6.51. The number of benzene rings is 2. The van der Waals surface area contributed by atoms with E-state index in [1.165, 1.54) is 11.8 Å². The van der Waals surface area contributed by atoms with Gasteiger partial charge in [0.1, 0.15) is 6.26 Å². The van der Waals surface area contributed by atoms with Gasteiger partial charge in [-0.3, -0.25) is 4.79 Å². The van der Waals surface area contributed by atoms with Crippen LogP contribution in [0.3, 0.4) is 0 Å². The Balaban J connectivity index is 1.49. The number of carbonyl (C=O) groups is 1. The lowest BCUT2D eigenvalue weighted by Gasteiger charge is -2.07. The third-order valence-electron chi connectivity index (χ3n) is 3.26. The molecule has 1 heterocycles. The normalized spacial score (nSPS) is 10.6. The number of oxazole rings is 1. The van der Waals surface area contributed by atoms with Crippen LogP contribution in [0.15, 0.2) is 59.2 Å². The van der Waals surface area contributed by atoms with Crippen molar-refractivity contribution in [2.24, 2.45) is 0 Å². The molecular formula is C18H14ClIN2O2S. The van der Waals surface area contributed by atoms with Crippen LogP contribution in [0, 0.1) is 3.57 Å². The van der Waals surface area contributed by atoms with E-state index >= 15 is 0 Å². The van der Waals surface area contributed by atoms with Gasteiger partial charge in [-0.05, 0) is 52.9 Å². The van der Waals surface area contributed by atoms with Gasteiger partial charge in [-0.15, -0.1) is 11.8 Å². The lowest BCUT2D eigenvalue weighted by molar-refractivity contribution is -0.113. The molecule has 0 aliphatic rings. The molecule has 1 N–H and O–H groups in total. The molecule has 1 amide bonds. The van der Waals surface area contributed by atoms with Crippen molar-refractivity contribution in [3.05, 3.63) is 69.1 Å². The minimum absolute atomic E-state index is 0.0973. The zero-order chi connectivity index (χ0) is 17.6. The van der Waals surface area contributed by atoms with Crippen molar-refractivity contribution < 1.29 is 9.21 Å². The zero-order valence-corrected chi connectivity index (χ0v) is 16.8. The first-order valence-corrected chi connectivity index (χ1v) is 10.1. The van der Waals surface area contributed by atoms with Crippen LogP contribution in [0.2, 0.25) is 5.02 Å². The second kappa shape index (κ2) is 8.73. The summed E-state index contributed by atoms with van der Waals surface area (Å²) in [5.41, 5.74) is 2.37. The summed E-state index contributed by atoms with van der Waals surface area (Å²) in [7, 11) is 0. The van der Waals surface area contributed by atoms with Gasteiger partial charge < -0.3 is 9.73 Å². The number of rotatable bonds is 6. The van der Waals surface area contributed by atoms with Crippen molar-refractivity contribution >= 4 is 57.5 Å². The first-order chi connectivity index (χ1) is 12.1. The van der Waals surface area contributed by atoms with Gasteiger partial charge in [0.25, 0.3) is 0 Å². The number of anilines is 1. The Morgan fingerprint density at radius 2 is 2.04 bits per heavy atom. The van der Waals surface area contributed by atoms with Crippen LogP contribution in [0.25, 0.3) is 11.5 Å². The Bertz CT molecular complexity index is 871. The fraction of sp³-hybridized carbons (Fsp3) is 0.111. The molecule has 0 bridgehead atoms. The molecule has 0 spiro atoms. The first-order valence-electron chi connectivity index (χ1n) is 7.44. The predicted octanol–water partition coefficient (Wildman–Crippen LogP) is 5.47. The summed E-state index contributed by atoms with van der Waals surface area (Å²) in [5, 5.41) is 3.35. The molecule has 2 aromatic carbocycles. The molecule has 0 fully saturated rings. The van der Waals surface area contributed by atoms with Crippen molar-refractivity contribution in [1.29, 1.82) is 0 Å². The van der Waals surface area contributed by atoms with Crippen LogP contribution in [-0.2, 0) is 10.5 Å². The number of halogens is 2. The quantitative estimate of drug-likeness (QED) is 0.471. The molecule has 25 heavy (non-hydrogen) atoms. The zero-order valence-electron chi connectivity index (χ0n) is 13.0. The maximum absolute atomic E-state index is 12.0. The SMILES string of the molecule is O=C(CSCc1coc(-c2ccccc2)n1)Nc1ccc(I)cc1Cl. The van der Waals surface area contributed by atoms with Gasteiger partial charge in [-0.1, -0.05) is 29.8 Å². The lowest BCUT2D eigenvalue weighted by Crippen LogP contribution is -2.14. The van der Waals surface area contributed by atoms with E-state index in [0.717, 1.165) is 14.8 Å². The molecule has 0 aliphatic heterocycles. The molecule has 0 atom stereocenters. The molecule has 128 valence electrons. The number of amides is 1. The summed E-state index contributed by atoms with van der Waals surface area (Å²) >= 11 is 9.76. The third-order valence-corrected chi connectivity index (χ3v) is 5.21. The van der Waals surface area contributed by atoms with Gasteiger partial charge in [0.2, 0.25) is 11.8 Å². The average molecular weight is 485 g/mol. The third kappa shape index (κ3) is 5.23. The van der Waals surface area contributed by atoms with Crippen LogP contribution in [0.1, 0.15) is 5.69 Å². The number of hydrogen-bond acceptors (Lipinski definition) is 4. The highest BCUT2D eigenvalue weighted by Gasteiger charge is 2.09. The second-order valence-corrected chi connectivity index (χ2v) is 7.81. The number of thioether (sulfide) groups is 1. The number of nitrogens with one attached hydrogen (secondary N) is 1. The molecule has 4 nitrogen and oxygen atoms in total. The van der Waals surface area contributed by atoms with Crippen molar-refractivity contribution in [2.75, 3.05) is 11.1 Å². The molecule has 1 aromatic heterocycles. The lowest BCUT2D eigenvalue weighted by atomic mass is 10.2. The summed E-state index contributed by atoms with van der Waals surface area (Å²) in [6.45, 7) is 0. The molecule has 3 aromatic rings. The van der Waals surface area contributed by atoms with Gasteiger partial charge in [0.15, 0.2) is 0 Å². The number of nitrogens with zero attached hydrogens (tertiary/aromatic N) is 1. The number of carbonyl (C=O) groups excluding carboxylic acids is 1. The van der Waals surface area contributed by atoms with Crippen molar-refractivity contribution in [3.8, 4) is 11.5 Å². The summed E-state index contributed by atoms with van der Waals surface area (Å²) in [5.74, 6) is 1.41. The van der Waals surface area contributed by atoms with E-state index in [9.17, 15) is 4.79 Å². The molecule has 0 saturated carbocycles. The van der Waals surface area contributed by atoms with E-state index in [1.807, 2.05) is 42.5 Å². The Kier molecular flexibility index (Phi) is 6.39. The number of hydrogen-bond donors (Lipinski definition) is 1. The minimum Gasteiger partial charge on any atom is -0.444 e. The van der Waals surface area contributed by atoms with E-state index in [-0.39, 0.29) is 5.91 Å². The molecule has 0 radical (unpaired) electrons. The Morgan fingerprint density at radius 3 is 2.80 bits per heavy atom. The maximum atomic E-state index is 12.0. The topological polar surface area (TPSA) is 55.1 Å². The Morgan fingerprint density at radius 1 is 1.24 bits per heavy atom. The molecule has 7 heteroatoms. The van der Waals surface area contributed by atoms with E-state index < -0.39 is 0 Å². The largest absolute Gasteiger partial charge is 0.444 e. The van der Waals surface area contributed by atoms with Crippen molar-refractivity contribution in [1.82, 2.24) is 4.98 Å². The molecule has 3 rings (SSSR count). The standard InChI is InChI=1S/C18H14ClIN2O2S/c19-15-8-13(20)6-7-16(15)22-17(23)11-25-10-14-9-24-18(21-14)12-4-2-1-3-5-12/h1-9H,10-11H2,(H,22,23). The summed E-state index contributed by atoms with van der Waals surface area (Å²) in [6.07, 6.45) is 1.63. The fourth-order valence-electron chi connectivity index (χ4n) is 2.11. The van der Waals surface area contributed by atoms with Gasteiger partial charge >= 0.3 is 0 Å². The van der Waals surface area contributed by atoms with E-state index in [2.05, 4.69) is 32.9 Å². The minimum atomic E-state index is -0.0973. The highest BCUT2D eigenvalue weighted by atomic mass is 127. The highest BCUT2D eigenvalue weighted by Crippen LogP contribution is 2.24. The molecule has 0 aliphatic carbocycles. The smallest absolute Gasteiger partial charge is 0.234 e. The summed E-state index contributed by atoms with van der Waals surface area (Å²) in [6, 6.07) is 15.2. The van der Waals surface area contributed by atoms with Crippen LogP contribution < -0.4 is 5.32 Å². The van der Waals surface area contributed by atoms with E-state index in [1.54, 1.807) is 12.3 Å². The van der Waals surface area contributed by atoms with E-state index in [4.69, 9.17) is 16.0 Å². The van der Waals surface area contributed by atoms with Gasteiger partial charge in [-0.2, -0.15) is 0 Å². The van der Waals surface area contributed by atoms with Crippen molar-refractivity contribution in [3.63, 3.8) is 0 Å². The van der Waals surface area contributed by atoms with Crippen LogP contribution >= 0.6 is 46.0 Å². The molecule has 0 saturated heterocycles.